The molecule has 0 saturated carbocycles. The van der Waals surface area contributed by atoms with Crippen molar-refractivity contribution in [1.29, 1.82) is 0 Å². The largest absolute Gasteiger partial charge is 0.426 e. The molecule has 2 aromatic rings. The van der Waals surface area contributed by atoms with Crippen molar-refractivity contribution < 1.29 is 19.1 Å². The zero-order valence-corrected chi connectivity index (χ0v) is 23.0. The predicted octanol–water partition coefficient (Wildman–Crippen LogP) is 2.63. The number of likely N-dealkylation sites (N-methyl/N-ethyl adjacent to an activating group) is 1. The first kappa shape index (κ1) is 26.2. The van der Waals surface area contributed by atoms with Crippen LogP contribution in [-0.2, 0) is 14.3 Å². The third-order valence-corrected chi connectivity index (χ3v) is 7.76. The van der Waals surface area contributed by atoms with Gasteiger partial charge in [-0.15, -0.1) is 11.3 Å². The molecule has 0 N–H and O–H groups in total. The summed E-state index contributed by atoms with van der Waals surface area (Å²) in [5.41, 5.74) is 1.06. The van der Waals surface area contributed by atoms with E-state index in [9.17, 15) is 9.59 Å². The summed E-state index contributed by atoms with van der Waals surface area (Å²) in [6.45, 7) is 12.8. The lowest BCUT2D eigenvalue weighted by Crippen LogP contribution is -2.51. The lowest BCUT2D eigenvalue weighted by molar-refractivity contribution is -0.166. The Balaban J connectivity index is 1.73. The molecule has 0 aliphatic carbocycles. The first-order valence-corrected chi connectivity index (χ1v) is 13.2. The van der Waals surface area contributed by atoms with Crippen LogP contribution in [0.3, 0.4) is 0 Å². The van der Waals surface area contributed by atoms with Gasteiger partial charge in [0.25, 0.3) is 0 Å². The zero-order chi connectivity index (χ0) is 26.2. The number of thiophene rings is 1. The maximum Gasteiger partial charge on any atom is 0.423 e. The number of hydrogen-bond donors (Lipinski definition) is 0. The van der Waals surface area contributed by atoms with Crippen LogP contribution in [0.25, 0.3) is 5.82 Å². The Morgan fingerprint density at radius 1 is 1.11 bits per heavy atom. The minimum Gasteiger partial charge on any atom is -0.426 e. The van der Waals surface area contributed by atoms with Crippen molar-refractivity contribution in [3.05, 3.63) is 45.1 Å². The SMILES string of the molecule is BC(C(=O)OC(C)OC(=O)N1C(N2CCN(C)CC2)=c2cc(C)sc2=Nc2ccccc21)C(C)(C)C. The number of rotatable bonds is 4. The number of amides is 1. The van der Waals surface area contributed by atoms with E-state index < -0.39 is 18.4 Å². The smallest absolute Gasteiger partial charge is 0.423 e. The molecule has 1 aromatic carbocycles. The van der Waals surface area contributed by atoms with Crippen molar-refractivity contribution in [3.8, 4) is 0 Å². The number of nitrogens with zero attached hydrogens (tertiary/aromatic N) is 4. The average molecular weight is 510 g/mol. The Morgan fingerprint density at radius 2 is 1.78 bits per heavy atom. The molecule has 1 saturated heterocycles. The number of ether oxygens (including phenoxy) is 2. The molecule has 2 aliphatic rings. The Kier molecular flexibility index (Phi) is 7.47. The van der Waals surface area contributed by atoms with E-state index in [0.717, 1.165) is 46.8 Å². The summed E-state index contributed by atoms with van der Waals surface area (Å²) < 4.78 is 12.1. The van der Waals surface area contributed by atoms with Crippen molar-refractivity contribution >= 4 is 48.4 Å². The second-order valence-corrected chi connectivity index (χ2v) is 11.8. The molecule has 3 heterocycles. The molecule has 8 nitrogen and oxygen atoms in total. The number of fused-ring (bicyclic) bond motifs is 2. The van der Waals surface area contributed by atoms with Gasteiger partial charge in [0.15, 0.2) is 0 Å². The third kappa shape index (κ3) is 5.44. The molecule has 0 radical (unpaired) electrons. The zero-order valence-electron chi connectivity index (χ0n) is 22.2. The standard InChI is InChI=1S/C26H35BN4O4S/c1-16-15-18-22(36-16)28-19-9-7-8-10-20(19)31(23(18)30-13-11-29(6)12-14-30)25(33)35-17(2)34-24(32)21(27)26(3,4)5/h7-10,15,17,21H,11-14,27H2,1-6H3. The summed E-state index contributed by atoms with van der Waals surface area (Å²) in [6, 6.07) is 9.64. The van der Waals surface area contributed by atoms with E-state index in [1.54, 1.807) is 23.2 Å². The van der Waals surface area contributed by atoms with Crippen LogP contribution in [0.4, 0.5) is 16.2 Å². The molecule has 0 spiro atoms. The molecule has 1 amide bonds. The molecule has 2 atom stereocenters. The highest BCUT2D eigenvalue weighted by molar-refractivity contribution is 7.09. The molecule has 2 unspecified atom stereocenters. The van der Waals surface area contributed by atoms with Gasteiger partial charge in [-0.05, 0) is 37.6 Å². The van der Waals surface area contributed by atoms with Crippen LogP contribution in [-0.4, -0.2) is 69.2 Å². The Morgan fingerprint density at radius 3 is 2.44 bits per heavy atom. The van der Waals surface area contributed by atoms with Crippen LogP contribution in [0.5, 0.6) is 0 Å². The second kappa shape index (κ2) is 10.3. The summed E-state index contributed by atoms with van der Waals surface area (Å²) in [7, 11) is 3.92. The van der Waals surface area contributed by atoms with Crippen molar-refractivity contribution in [2.45, 2.75) is 46.7 Å². The van der Waals surface area contributed by atoms with E-state index in [2.05, 4.69) is 22.9 Å². The van der Waals surface area contributed by atoms with Gasteiger partial charge in [-0.1, -0.05) is 32.9 Å². The number of esters is 1. The van der Waals surface area contributed by atoms with E-state index in [1.165, 1.54) is 0 Å². The minimum absolute atomic E-state index is 0.262. The highest BCUT2D eigenvalue weighted by Crippen LogP contribution is 2.35. The maximum absolute atomic E-state index is 13.8. The molecule has 36 heavy (non-hydrogen) atoms. The number of anilines is 1. The number of para-hydroxylation sites is 2. The van der Waals surface area contributed by atoms with E-state index >= 15 is 0 Å². The van der Waals surface area contributed by atoms with Gasteiger partial charge >= 0.3 is 12.1 Å². The van der Waals surface area contributed by atoms with Crippen LogP contribution >= 0.6 is 11.3 Å². The summed E-state index contributed by atoms with van der Waals surface area (Å²) in [6.07, 6.45) is -1.65. The van der Waals surface area contributed by atoms with E-state index in [1.807, 2.05) is 59.8 Å². The number of carbonyl (C=O) groups is 2. The van der Waals surface area contributed by atoms with Gasteiger partial charge in [-0.3, -0.25) is 4.79 Å². The third-order valence-electron chi connectivity index (χ3n) is 6.82. The summed E-state index contributed by atoms with van der Waals surface area (Å²) in [4.78, 5) is 38.6. The van der Waals surface area contributed by atoms with Gasteiger partial charge in [-0.2, -0.15) is 0 Å². The van der Waals surface area contributed by atoms with Crippen molar-refractivity contribution in [1.82, 2.24) is 9.80 Å². The van der Waals surface area contributed by atoms with E-state index in [4.69, 9.17) is 14.5 Å². The van der Waals surface area contributed by atoms with Gasteiger partial charge in [0, 0.05) is 43.8 Å². The molecular formula is C26H35BN4O4S. The van der Waals surface area contributed by atoms with E-state index in [-0.39, 0.29) is 11.2 Å². The van der Waals surface area contributed by atoms with Gasteiger partial charge in [0.05, 0.1) is 16.6 Å². The molecule has 1 aromatic heterocycles. The van der Waals surface area contributed by atoms with Crippen molar-refractivity contribution in [2.75, 3.05) is 38.1 Å². The fourth-order valence-corrected chi connectivity index (χ4v) is 5.08. The first-order valence-electron chi connectivity index (χ1n) is 12.4. The normalized spacial score (nSPS) is 17.9. The van der Waals surface area contributed by atoms with Crippen molar-refractivity contribution in [2.24, 2.45) is 10.4 Å². The Labute approximate surface area is 217 Å². The van der Waals surface area contributed by atoms with Gasteiger partial charge in [-0.25, -0.2) is 14.7 Å². The Hall–Kier alpha value is -2.85. The van der Waals surface area contributed by atoms with Crippen LogP contribution in [0.1, 0.15) is 32.6 Å². The fourth-order valence-electron chi connectivity index (χ4n) is 4.19. The lowest BCUT2D eigenvalue weighted by atomic mass is 9.68. The molecule has 0 bridgehead atoms. The first-order chi connectivity index (χ1) is 17.0. The summed E-state index contributed by atoms with van der Waals surface area (Å²) >= 11 is 1.60. The van der Waals surface area contributed by atoms with Gasteiger partial charge in [0.2, 0.25) is 6.29 Å². The number of piperazine rings is 1. The number of benzene rings is 1. The van der Waals surface area contributed by atoms with Gasteiger partial charge in [0.1, 0.15) is 18.3 Å². The second-order valence-electron chi connectivity index (χ2n) is 10.6. The highest BCUT2D eigenvalue weighted by atomic mass is 32.1. The van der Waals surface area contributed by atoms with Gasteiger partial charge < -0.3 is 19.3 Å². The molecule has 1 fully saturated rings. The van der Waals surface area contributed by atoms with Crippen LogP contribution in [0, 0.1) is 12.3 Å². The topological polar surface area (TPSA) is 74.7 Å². The molecule has 192 valence electrons. The van der Waals surface area contributed by atoms with E-state index in [0.29, 0.717) is 11.4 Å². The molecular weight excluding hydrogens is 475 g/mol. The van der Waals surface area contributed by atoms with Crippen LogP contribution in [0.2, 0.25) is 5.82 Å². The molecule has 10 heteroatoms. The number of hydrogen-bond acceptors (Lipinski definition) is 8. The average Bonchev–Trinajstić information content (AvgIpc) is 3.10. The quantitative estimate of drug-likeness (QED) is 0.358. The molecule has 2 aliphatic heterocycles. The highest BCUT2D eigenvalue weighted by Gasteiger charge is 2.34. The van der Waals surface area contributed by atoms with Crippen LogP contribution < -0.4 is 14.8 Å². The van der Waals surface area contributed by atoms with Crippen LogP contribution in [0.15, 0.2) is 35.3 Å². The summed E-state index contributed by atoms with van der Waals surface area (Å²) in [5.74, 6) is 0.0102. The van der Waals surface area contributed by atoms with Crippen molar-refractivity contribution in [3.63, 3.8) is 0 Å². The number of aryl methyl sites for hydroxylation is 1. The monoisotopic (exact) mass is 510 g/mol. The molecule has 4 rings (SSSR count). The summed E-state index contributed by atoms with van der Waals surface area (Å²) in [5, 5.41) is 0.904. The fraction of sp³-hybridized carbons (Fsp3) is 0.500. The lowest BCUT2D eigenvalue weighted by Gasteiger charge is -2.39. The predicted molar refractivity (Wildman–Crippen MR) is 145 cm³/mol. The Bertz CT molecular complexity index is 1260. The maximum atomic E-state index is 13.8. The minimum atomic E-state index is -1.04. The number of carbonyl (C=O) groups excluding carboxylic acids is 2.